The fourth-order valence-corrected chi connectivity index (χ4v) is 3.51. The average Bonchev–Trinajstić information content (AvgIpc) is 2.68. The Morgan fingerprint density at radius 2 is 1.64 bits per heavy atom. The molecule has 2 aromatic carbocycles. The lowest BCUT2D eigenvalue weighted by Crippen LogP contribution is -2.23. The van der Waals surface area contributed by atoms with Crippen LogP contribution in [0.3, 0.4) is 0 Å². The molecule has 2 rings (SSSR count). The van der Waals surface area contributed by atoms with Gasteiger partial charge in [0.1, 0.15) is 10.6 Å². The maximum Gasteiger partial charge on any atom is 0.255 e. The number of hydrogen-bond donors (Lipinski definition) is 1. The van der Waals surface area contributed by atoms with E-state index in [2.05, 4.69) is 5.32 Å². The number of ether oxygens (including phenoxy) is 3. The number of methoxy groups -OCH3 is 2. The third-order valence-corrected chi connectivity index (χ3v) is 5.74. The number of benzene rings is 2. The molecule has 9 heteroatoms. The van der Waals surface area contributed by atoms with Crippen molar-refractivity contribution in [1.29, 1.82) is 0 Å². The fraction of sp³-hybridized carbons (Fsp3) is 0.316. The highest BCUT2D eigenvalue weighted by molar-refractivity contribution is 7.89. The van der Waals surface area contributed by atoms with Gasteiger partial charge in [0, 0.05) is 25.3 Å². The van der Waals surface area contributed by atoms with Gasteiger partial charge >= 0.3 is 0 Å². The van der Waals surface area contributed by atoms with Gasteiger partial charge in [0.15, 0.2) is 11.5 Å². The molecule has 0 spiro atoms. The van der Waals surface area contributed by atoms with Gasteiger partial charge in [0.25, 0.3) is 5.91 Å². The van der Waals surface area contributed by atoms with E-state index in [4.69, 9.17) is 14.2 Å². The van der Waals surface area contributed by atoms with Crippen LogP contribution in [0.15, 0.2) is 41.3 Å². The van der Waals surface area contributed by atoms with E-state index in [1.807, 2.05) is 6.92 Å². The Morgan fingerprint density at radius 3 is 2.21 bits per heavy atom. The van der Waals surface area contributed by atoms with Crippen molar-refractivity contribution < 1.29 is 27.4 Å². The molecule has 1 amide bonds. The van der Waals surface area contributed by atoms with Crippen molar-refractivity contribution in [2.75, 3.05) is 40.2 Å². The van der Waals surface area contributed by atoms with Crippen LogP contribution in [0.4, 0.5) is 5.69 Å². The van der Waals surface area contributed by atoms with Crippen molar-refractivity contribution in [2.24, 2.45) is 0 Å². The second-order valence-electron chi connectivity index (χ2n) is 5.91. The highest BCUT2D eigenvalue weighted by Crippen LogP contribution is 2.30. The molecular formula is C19H24N2O6S. The largest absolute Gasteiger partial charge is 0.495 e. The van der Waals surface area contributed by atoms with E-state index < -0.39 is 15.9 Å². The lowest BCUT2D eigenvalue weighted by atomic mass is 10.2. The van der Waals surface area contributed by atoms with Crippen LogP contribution in [-0.4, -0.2) is 53.6 Å². The Kier molecular flexibility index (Phi) is 6.87. The minimum Gasteiger partial charge on any atom is -0.495 e. The van der Waals surface area contributed by atoms with Crippen LogP contribution >= 0.6 is 0 Å². The minimum absolute atomic E-state index is 0.0397. The number of amides is 1. The number of sulfonamides is 1. The minimum atomic E-state index is -3.74. The molecular weight excluding hydrogens is 384 g/mol. The molecule has 1 N–H and O–H groups in total. The summed E-state index contributed by atoms with van der Waals surface area (Å²) in [6.45, 7) is 2.32. The number of carbonyl (C=O) groups excluding carboxylic acids is 1. The zero-order valence-electron chi connectivity index (χ0n) is 16.5. The van der Waals surface area contributed by atoms with Gasteiger partial charge in [-0.05, 0) is 43.3 Å². The topological polar surface area (TPSA) is 94.2 Å². The van der Waals surface area contributed by atoms with Crippen LogP contribution in [0.2, 0.25) is 0 Å². The first-order valence-corrected chi connectivity index (χ1v) is 9.91. The quantitative estimate of drug-likeness (QED) is 0.722. The lowest BCUT2D eigenvalue weighted by molar-refractivity contribution is 0.102. The molecule has 0 atom stereocenters. The highest BCUT2D eigenvalue weighted by atomic mass is 32.2. The number of rotatable bonds is 8. The zero-order valence-corrected chi connectivity index (χ0v) is 17.3. The first kappa shape index (κ1) is 21.5. The molecule has 0 aromatic heterocycles. The molecule has 0 heterocycles. The van der Waals surface area contributed by atoms with E-state index in [0.29, 0.717) is 29.4 Å². The third-order valence-electron chi connectivity index (χ3n) is 3.91. The van der Waals surface area contributed by atoms with Gasteiger partial charge in [0.2, 0.25) is 10.0 Å². The summed E-state index contributed by atoms with van der Waals surface area (Å²) in [5.74, 6) is 0.736. The summed E-state index contributed by atoms with van der Waals surface area (Å²) < 4.78 is 41.9. The molecule has 8 nitrogen and oxygen atoms in total. The highest BCUT2D eigenvalue weighted by Gasteiger charge is 2.23. The van der Waals surface area contributed by atoms with Crippen LogP contribution in [0.1, 0.15) is 17.3 Å². The predicted molar refractivity (Wildman–Crippen MR) is 106 cm³/mol. The summed E-state index contributed by atoms with van der Waals surface area (Å²) >= 11 is 0. The second-order valence-corrected chi connectivity index (χ2v) is 8.03. The van der Waals surface area contributed by atoms with Gasteiger partial charge < -0.3 is 19.5 Å². The van der Waals surface area contributed by atoms with Crippen LogP contribution in [0, 0.1) is 0 Å². The van der Waals surface area contributed by atoms with Gasteiger partial charge in [-0.2, -0.15) is 0 Å². The first-order chi connectivity index (χ1) is 13.2. The van der Waals surface area contributed by atoms with Crippen LogP contribution < -0.4 is 19.5 Å². The Morgan fingerprint density at radius 1 is 1.00 bits per heavy atom. The van der Waals surface area contributed by atoms with E-state index in [1.165, 1.54) is 40.4 Å². The molecule has 0 unspecified atom stereocenters. The molecule has 0 fully saturated rings. The molecule has 0 saturated heterocycles. The van der Waals surface area contributed by atoms with Crippen molar-refractivity contribution in [3.8, 4) is 17.2 Å². The van der Waals surface area contributed by atoms with E-state index in [-0.39, 0.29) is 10.6 Å². The number of anilines is 1. The van der Waals surface area contributed by atoms with E-state index >= 15 is 0 Å². The molecule has 0 saturated carbocycles. The Hall–Kier alpha value is -2.78. The molecule has 0 aliphatic carbocycles. The van der Waals surface area contributed by atoms with Crippen molar-refractivity contribution in [3.63, 3.8) is 0 Å². The van der Waals surface area contributed by atoms with Crippen molar-refractivity contribution >= 4 is 21.6 Å². The summed E-state index contributed by atoms with van der Waals surface area (Å²) in [6, 6.07) is 9.22. The summed E-state index contributed by atoms with van der Waals surface area (Å²) in [6.07, 6.45) is 0. The maximum atomic E-state index is 12.6. The van der Waals surface area contributed by atoms with Gasteiger partial charge in [-0.3, -0.25) is 4.79 Å². The van der Waals surface area contributed by atoms with E-state index in [1.54, 1.807) is 24.3 Å². The Bertz CT molecular complexity index is 957. The summed E-state index contributed by atoms with van der Waals surface area (Å²) in [4.78, 5) is 12.6. The lowest BCUT2D eigenvalue weighted by Gasteiger charge is -2.16. The summed E-state index contributed by atoms with van der Waals surface area (Å²) in [5, 5.41) is 2.69. The molecule has 0 aliphatic rings. The van der Waals surface area contributed by atoms with E-state index in [9.17, 15) is 13.2 Å². The number of nitrogens with zero attached hydrogens (tertiary/aromatic N) is 1. The summed E-state index contributed by atoms with van der Waals surface area (Å²) in [5.41, 5.74) is 0.659. The standard InChI is InChI=1S/C19H24N2O6S/c1-6-27-15-9-7-13(11-17(15)26-5)19(22)20-14-8-10-16(25-4)18(12-14)28(23,24)21(2)3/h7-12H,6H2,1-5H3,(H,20,22). The zero-order chi connectivity index (χ0) is 20.9. The van der Waals surface area contributed by atoms with Gasteiger partial charge in [-0.15, -0.1) is 0 Å². The van der Waals surface area contributed by atoms with Crippen LogP contribution in [0.25, 0.3) is 0 Å². The van der Waals surface area contributed by atoms with Crippen LogP contribution in [0.5, 0.6) is 17.2 Å². The monoisotopic (exact) mass is 408 g/mol. The molecule has 28 heavy (non-hydrogen) atoms. The maximum absolute atomic E-state index is 12.6. The van der Waals surface area contributed by atoms with Gasteiger partial charge in [-0.1, -0.05) is 0 Å². The number of hydrogen-bond acceptors (Lipinski definition) is 6. The SMILES string of the molecule is CCOc1ccc(C(=O)Nc2ccc(OC)c(S(=O)(=O)N(C)C)c2)cc1OC. The number of carbonyl (C=O) groups is 1. The normalized spacial score (nSPS) is 11.2. The van der Waals surface area contributed by atoms with Crippen LogP contribution in [-0.2, 0) is 10.0 Å². The van der Waals surface area contributed by atoms with Gasteiger partial charge in [-0.25, -0.2) is 12.7 Å². The van der Waals surface area contributed by atoms with Crippen molar-refractivity contribution in [2.45, 2.75) is 11.8 Å². The van der Waals surface area contributed by atoms with E-state index in [0.717, 1.165) is 4.31 Å². The molecule has 2 aromatic rings. The fourth-order valence-electron chi connectivity index (χ4n) is 2.44. The average molecular weight is 408 g/mol. The summed E-state index contributed by atoms with van der Waals surface area (Å²) in [7, 11) is 1.97. The first-order valence-electron chi connectivity index (χ1n) is 8.47. The molecule has 0 aliphatic heterocycles. The Balaban J connectivity index is 2.34. The van der Waals surface area contributed by atoms with Crippen molar-refractivity contribution in [1.82, 2.24) is 4.31 Å². The molecule has 152 valence electrons. The molecule has 0 bridgehead atoms. The smallest absolute Gasteiger partial charge is 0.255 e. The van der Waals surface area contributed by atoms with Crippen molar-refractivity contribution in [3.05, 3.63) is 42.0 Å². The predicted octanol–water partition coefficient (Wildman–Crippen LogP) is 2.61. The third kappa shape index (κ3) is 4.55. The Labute approximate surface area is 165 Å². The second kappa shape index (κ2) is 8.94. The van der Waals surface area contributed by atoms with Gasteiger partial charge in [0.05, 0.1) is 20.8 Å². The number of nitrogens with one attached hydrogen (secondary N) is 1. The molecule has 0 radical (unpaired) electrons.